The molecule has 3 nitrogen and oxygen atoms in total. The van der Waals surface area contributed by atoms with Gasteiger partial charge >= 0.3 is 0 Å². The standard InChI is InChI=1S/C12H24N2O/c1-3-11(10-4-5-10)14-6-7-15-12(8-14)9(2)13/h9-12H,3-8,13H2,1-2H3. The molecular weight excluding hydrogens is 188 g/mol. The molecule has 2 N–H and O–H groups in total. The van der Waals surface area contributed by atoms with Crippen LogP contribution >= 0.6 is 0 Å². The molecule has 88 valence electrons. The monoisotopic (exact) mass is 212 g/mol. The van der Waals surface area contributed by atoms with Crippen molar-refractivity contribution in [3.63, 3.8) is 0 Å². The quantitative estimate of drug-likeness (QED) is 0.761. The molecule has 3 atom stereocenters. The minimum absolute atomic E-state index is 0.157. The summed E-state index contributed by atoms with van der Waals surface area (Å²) in [5, 5.41) is 0. The predicted octanol–water partition coefficient (Wildman–Crippen LogP) is 1.22. The van der Waals surface area contributed by atoms with Crippen molar-refractivity contribution < 1.29 is 4.74 Å². The smallest absolute Gasteiger partial charge is 0.0850 e. The van der Waals surface area contributed by atoms with Crippen LogP contribution < -0.4 is 5.73 Å². The zero-order valence-electron chi connectivity index (χ0n) is 9.98. The number of nitrogens with zero attached hydrogens (tertiary/aromatic N) is 1. The van der Waals surface area contributed by atoms with Gasteiger partial charge in [0.2, 0.25) is 0 Å². The van der Waals surface area contributed by atoms with Crippen LogP contribution in [-0.2, 0) is 4.74 Å². The molecule has 2 rings (SSSR count). The molecule has 0 aromatic rings. The number of rotatable bonds is 4. The summed E-state index contributed by atoms with van der Waals surface area (Å²) in [6, 6.07) is 0.944. The summed E-state index contributed by atoms with van der Waals surface area (Å²) >= 11 is 0. The van der Waals surface area contributed by atoms with E-state index in [-0.39, 0.29) is 12.1 Å². The number of hydrogen-bond acceptors (Lipinski definition) is 3. The molecule has 0 bridgehead atoms. The Bertz CT molecular complexity index is 204. The zero-order chi connectivity index (χ0) is 10.8. The molecule has 0 spiro atoms. The van der Waals surface area contributed by atoms with Crippen molar-refractivity contribution in [2.75, 3.05) is 19.7 Å². The maximum absolute atomic E-state index is 5.91. The van der Waals surface area contributed by atoms with E-state index in [2.05, 4.69) is 11.8 Å². The van der Waals surface area contributed by atoms with E-state index in [9.17, 15) is 0 Å². The molecule has 1 aliphatic carbocycles. The van der Waals surface area contributed by atoms with E-state index >= 15 is 0 Å². The minimum atomic E-state index is 0.157. The second kappa shape index (κ2) is 4.81. The average Bonchev–Trinajstić information content (AvgIpc) is 3.04. The van der Waals surface area contributed by atoms with Gasteiger partial charge in [0.1, 0.15) is 0 Å². The lowest BCUT2D eigenvalue weighted by Gasteiger charge is -2.39. The highest BCUT2D eigenvalue weighted by Gasteiger charge is 2.36. The first-order chi connectivity index (χ1) is 7.22. The molecular formula is C12H24N2O. The van der Waals surface area contributed by atoms with Gasteiger partial charge < -0.3 is 10.5 Å². The first-order valence-corrected chi connectivity index (χ1v) is 6.33. The van der Waals surface area contributed by atoms with Crippen molar-refractivity contribution in [2.45, 2.75) is 51.3 Å². The largest absolute Gasteiger partial charge is 0.374 e. The van der Waals surface area contributed by atoms with Crippen molar-refractivity contribution in [3.05, 3.63) is 0 Å². The highest BCUT2D eigenvalue weighted by molar-refractivity contribution is 4.90. The number of nitrogens with two attached hydrogens (primary N) is 1. The Morgan fingerprint density at radius 3 is 2.73 bits per heavy atom. The minimum Gasteiger partial charge on any atom is -0.374 e. The van der Waals surface area contributed by atoms with Gasteiger partial charge in [-0.15, -0.1) is 0 Å². The van der Waals surface area contributed by atoms with Crippen molar-refractivity contribution in [1.82, 2.24) is 4.90 Å². The van der Waals surface area contributed by atoms with Crippen LogP contribution in [0.2, 0.25) is 0 Å². The Morgan fingerprint density at radius 2 is 2.20 bits per heavy atom. The third-order valence-electron chi connectivity index (χ3n) is 3.76. The van der Waals surface area contributed by atoms with E-state index in [0.717, 1.165) is 31.7 Å². The van der Waals surface area contributed by atoms with Gasteiger partial charge in [-0.3, -0.25) is 4.90 Å². The molecule has 1 aliphatic heterocycles. The Kier molecular flexibility index (Phi) is 3.65. The van der Waals surface area contributed by atoms with E-state index in [1.807, 2.05) is 6.92 Å². The molecule has 0 radical (unpaired) electrons. The lowest BCUT2D eigenvalue weighted by molar-refractivity contribution is -0.0549. The number of morpholine rings is 1. The fourth-order valence-electron chi connectivity index (χ4n) is 2.69. The highest BCUT2D eigenvalue weighted by atomic mass is 16.5. The predicted molar refractivity (Wildman–Crippen MR) is 61.8 cm³/mol. The second-order valence-corrected chi connectivity index (χ2v) is 5.08. The van der Waals surface area contributed by atoms with E-state index in [1.54, 1.807) is 0 Å². The Labute approximate surface area is 93.0 Å². The van der Waals surface area contributed by atoms with E-state index in [1.165, 1.54) is 19.3 Å². The third kappa shape index (κ3) is 2.71. The molecule has 0 amide bonds. The van der Waals surface area contributed by atoms with Gasteiger partial charge in [0.05, 0.1) is 12.7 Å². The van der Waals surface area contributed by atoms with Gasteiger partial charge in [-0.1, -0.05) is 6.92 Å². The van der Waals surface area contributed by atoms with E-state index in [4.69, 9.17) is 10.5 Å². The van der Waals surface area contributed by atoms with Crippen LogP contribution in [-0.4, -0.2) is 42.8 Å². The van der Waals surface area contributed by atoms with Crippen molar-refractivity contribution in [1.29, 1.82) is 0 Å². The SMILES string of the molecule is CCC(C1CC1)N1CCOC(C(C)N)C1. The lowest BCUT2D eigenvalue weighted by atomic mass is 10.0. The Balaban J connectivity index is 1.90. The van der Waals surface area contributed by atoms with Crippen LogP contribution in [0.3, 0.4) is 0 Å². The summed E-state index contributed by atoms with van der Waals surface area (Å²) in [7, 11) is 0. The normalized spacial score (nSPS) is 32.6. The Hall–Kier alpha value is -0.120. The molecule has 15 heavy (non-hydrogen) atoms. The van der Waals surface area contributed by atoms with Gasteiger partial charge in [0.25, 0.3) is 0 Å². The molecule has 2 aliphatic rings. The second-order valence-electron chi connectivity index (χ2n) is 5.08. The number of hydrogen-bond donors (Lipinski definition) is 1. The van der Waals surface area contributed by atoms with Crippen LogP contribution in [0, 0.1) is 5.92 Å². The van der Waals surface area contributed by atoms with Crippen molar-refractivity contribution >= 4 is 0 Å². The van der Waals surface area contributed by atoms with Crippen molar-refractivity contribution in [2.24, 2.45) is 11.7 Å². The summed E-state index contributed by atoms with van der Waals surface area (Å²) in [6.45, 7) is 7.34. The van der Waals surface area contributed by atoms with Crippen LogP contribution in [0.4, 0.5) is 0 Å². The molecule has 1 heterocycles. The fourth-order valence-corrected chi connectivity index (χ4v) is 2.69. The fraction of sp³-hybridized carbons (Fsp3) is 1.00. The maximum atomic E-state index is 5.91. The molecule has 0 aromatic heterocycles. The summed E-state index contributed by atoms with van der Waals surface area (Å²) < 4.78 is 5.70. The van der Waals surface area contributed by atoms with Crippen LogP contribution in [0.5, 0.6) is 0 Å². The maximum Gasteiger partial charge on any atom is 0.0850 e. The summed E-state index contributed by atoms with van der Waals surface area (Å²) in [5.74, 6) is 0.960. The molecule has 1 saturated carbocycles. The summed E-state index contributed by atoms with van der Waals surface area (Å²) in [5.41, 5.74) is 5.91. The molecule has 1 saturated heterocycles. The van der Waals surface area contributed by atoms with Crippen LogP contribution in [0.25, 0.3) is 0 Å². The van der Waals surface area contributed by atoms with Gasteiger partial charge in [-0.05, 0) is 32.1 Å². The van der Waals surface area contributed by atoms with E-state index in [0.29, 0.717) is 0 Å². The summed E-state index contributed by atoms with van der Waals surface area (Å²) in [4.78, 5) is 2.61. The van der Waals surface area contributed by atoms with Gasteiger partial charge in [-0.25, -0.2) is 0 Å². The topological polar surface area (TPSA) is 38.5 Å². The van der Waals surface area contributed by atoms with Crippen LogP contribution in [0.15, 0.2) is 0 Å². The van der Waals surface area contributed by atoms with Gasteiger partial charge in [0.15, 0.2) is 0 Å². The Morgan fingerprint density at radius 1 is 1.47 bits per heavy atom. The van der Waals surface area contributed by atoms with Crippen molar-refractivity contribution in [3.8, 4) is 0 Å². The van der Waals surface area contributed by atoms with Gasteiger partial charge in [-0.2, -0.15) is 0 Å². The number of ether oxygens (including phenoxy) is 1. The molecule has 0 aromatic carbocycles. The zero-order valence-corrected chi connectivity index (χ0v) is 9.98. The third-order valence-corrected chi connectivity index (χ3v) is 3.76. The lowest BCUT2D eigenvalue weighted by Crippen LogP contribution is -2.53. The summed E-state index contributed by atoms with van der Waals surface area (Å²) in [6.07, 6.45) is 4.37. The first kappa shape index (κ1) is 11.4. The average molecular weight is 212 g/mol. The van der Waals surface area contributed by atoms with Crippen LogP contribution in [0.1, 0.15) is 33.1 Å². The van der Waals surface area contributed by atoms with E-state index < -0.39 is 0 Å². The first-order valence-electron chi connectivity index (χ1n) is 6.33. The highest BCUT2D eigenvalue weighted by Crippen LogP contribution is 2.37. The molecule has 3 heteroatoms. The van der Waals surface area contributed by atoms with Gasteiger partial charge in [0, 0.05) is 25.2 Å². The molecule has 3 unspecified atom stereocenters. The molecule has 2 fully saturated rings.